The lowest BCUT2D eigenvalue weighted by Gasteiger charge is -2.34. The summed E-state index contributed by atoms with van der Waals surface area (Å²) in [5.41, 5.74) is 6.52. The number of hydrogen-bond acceptors (Lipinski definition) is 15. The number of hydrogen-bond donors (Lipinski definition) is 14. The summed E-state index contributed by atoms with van der Waals surface area (Å²) in [5, 5.41) is 52.9. The maximum absolute atomic E-state index is 15.3. The Labute approximate surface area is 542 Å². The van der Waals surface area contributed by atoms with Crippen LogP contribution in [0.1, 0.15) is 161 Å². The number of nitrogens with one attached hydrogen (secondary N) is 9. The van der Waals surface area contributed by atoms with Crippen LogP contribution in [0.25, 0.3) is 0 Å². The standard InChI is InChI=1S/C64H95N11O16S/c1-7-9-26-42(56(83)71-47(34-76)60(87)69-44(55(65)82)31-36(3)4)68-61(88)49-27-19-30-75(49)64(91)48(35-92)72-58(85)45(32-39-20-13-10-14-21-39)70-62(89)53(37(5)8-2)73-63(90)54(52(40-22-15-11-16-23-40)41-24-17-12-18-25-41)74-57(84)43(28-29-50(78)79)67-59(86)46(33-51(80)81)66-38(6)77/h11-12,15-18,22-25,36-37,39,42-49,52-54,76,92H,7-10,13-14,19-21,26-35H2,1-6H3,(H2,65,82)(H,66,77)(H,67,86)(H,68,88)(H,69,87)(H,70,89)(H,71,83)(H,72,85)(H,73,90)(H,74,84)(H,78,79)(H,80,81)/t37-,42-,43-,44-,45-,46-,47-,48-,49-,53-,54-/m0/s1. The van der Waals surface area contributed by atoms with Gasteiger partial charge in [-0.3, -0.25) is 62.3 Å². The fraction of sp³-hybridized carbons (Fsp3) is 0.609. The number of aliphatic hydroxyl groups is 1. The lowest BCUT2D eigenvalue weighted by Crippen LogP contribution is -2.62. The summed E-state index contributed by atoms with van der Waals surface area (Å²) in [4.78, 5) is 178. The number of likely N-dealkylation sites (tertiary alicyclic amines) is 1. The summed E-state index contributed by atoms with van der Waals surface area (Å²) in [6.45, 7) is 9.27. The molecule has 0 aromatic heterocycles. The van der Waals surface area contributed by atoms with Crippen molar-refractivity contribution in [1.82, 2.24) is 52.8 Å². The third kappa shape index (κ3) is 24.2. The SMILES string of the molecule is CCCC[C@H](NC(=O)[C@@H]1CCCN1C(=O)[C@H](CS)NC(=O)[C@H](CC1CCCCC1)NC(=O)[C@@H](NC(=O)[C@@H](NC(=O)[C@H](CCC(=O)O)NC(=O)[C@H](CC(=O)O)NC(C)=O)C(c1ccccc1)c1ccccc1)[C@@H](C)CC)C(=O)N[C@@H](CO)C(=O)N[C@@H](CC(C)C)C(N)=O. The molecule has 1 saturated heterocycles. The minimum absolute atomic E-state index is 0.0322. The van der Waals surface area contributed by atoms with Gasteiger partial charge in [0.05, 0.1) is 13.0 Å². The van der Waals surface area contributed by atoms with Crippen molar-refractivity contribution in [3.63, 3.8) is 0 Å². The Balaban J connectivity index is 1.66. The van der Waals surface area contributed by atoms with Crippen molar-refractivity contribution in [3.05, 3.63) is 71.8 Å². The second-order valence-electron chi connectivity index (χ2n) is 24.3. The smallest absolute Gasteiger partial charge is 0.305 e. The van der Waals surface area contributed by atoms with E-state index in [0.717, 1.165) is 39.0 Å². The van der Waals surface area contributed by atoms with E-state index in [2.05, 4.69) is 60.5 Å². The number of benzene rings is 2. The van der Waals surface area contributed by atoms with Crippen molar-refractivity contribution in [1.29, 1.82) is 0 Å². The van der Waals surface area contributed by atoms with Crippen LogP contribution in [0, 0.1) is 17.8 Å². The van der Waals surface area contributed by atoms with Gasteiger partial charge in [-0.05, 0) is 67.4 Å². The normalized spacial score (nSPS) is 17.3. The number of unbranched alkanes of at least 4 members (excludes halogenated alkanes) is 1. The minimum atomic E-state index is -1.71. The van der Waals surface area contributed by atoms with Gasteiger partial charge in [-0.2, -0.15) is 12.6 Å². The molecular weight excluding hydrogens is 1210 g/mol. The molecule has 0 spiro atoms. The molecule has 1 saturated carbocycles. The molecule has 0 radical (unpaired) electrons. The zero-order chi connectivity index (χ0) is 68.2. The van der Waals surface area contributed by atoms with Crippen LogP contribution in [0.5, 0.6) is 0 Å². The van der Waals surface area contributed by atoms with E-state index < -0.39 is 175 Å². The average molecular weight is 1310 g/mol. The monoisotopic (exact) mass is 1310 g/mol. The number of rotatable bonds is 38. The quantitative estimate of drug-likeness (QED) is 0.0420. The van der Waals surface area contributed by atoms with Crippen molar-refractivity contribution in [2.24, 2.45) is 23.5 Å². The molecule has 1 aliphatic carbocycles. The van der Waals surface area contributed by atoms with Crippen molar-refractivity contribution in [3.8, 4) is 0 Å². The minimum Gasteiger partial charge on any atom is -0.481 e. The highest BCUT2D eigenvalue weighted by Gasteiger charge is 2.42. The van der Waals surface area contributed by atoms with Gasteiger partial charge in [0.15, 0.2) is 0 Å². The molecule has 28 heteroatoms. The van der Waals surface area contributed by atoms with Crippen LogP contribution in [0.2, 0.25) is 0 Å². The van der Waals surface area contributed by atoms with E-state index in [1.807, 2.05) is 20.8 Å². The Morgan fingerprint density at radius 3 is 1.62 bits per heavy atom. The summed E-state index contributed by atoms with van der Waals surface area (Å²) >= 11 is 4.46. The van der Waals surface area contributed by atoms with Gasteiger partial charge in [0.25, 0.3) is 0 Å². The largest absolute Gasteiger partial charge is 0.481 e. The average Bonchev–Trinajstić information content (AvgIpc) is 1.07. The summed E-state index contributed by atoms with van der Waals surface area (Å²) in [6.07, 6.45) is 4.41. The lowest BCUT2D eigenvalue weighted by molar-refractivity contribution is -0.142. The Bertz CT molecular complexity index is 2790. The van der Waals surface area contributed by atoms with Gasteiger partial charge >= 0.3 is 11.9 Å². The van der Waals surface area contributed by atoms with Gasteiger partial charge in [-0.15, -0.1) is 0 Å². The number of carbonyl (C=O) groups excluding carboxylic acids is 11. The van der Waals surface area contributed by atoms with Crippen molar-refractivity contribution in [2.45, 2.75) is 211 Å². The number of carboxylic acid groups (broad SMARTS) is 2. The van der Waals surface area contributed by atoms with Gasteiger partial charge in [-0.25, -0.2) is 0 Å². The first-order valence-corrected chi connectivity index (χ1v) is 32.4. The first-order chi connectivity index (χ1) is 43.7. The zero-order valence-electron chi connectivity index (χ0n) is 53.4. The Kier molecular flexibility index (Phi) is 32.1. The lowest BCUT2D eigenvalue weighted by atomic mass is 9.83. The van der Waals surface area contributed by atoms with Gasteiger partial charge in [0.1, 0.15) is 60.4 Å². The van der Waals surface area contributed by atoms with Crippen LogP contribution in [0.15, 0.2) is 60.7 Å². The fourth-order valence-electron chi connectivity index (χ4n) is 11.4. The van der Waals surface area contributed by atoms with Gasteiger partial charge in [0.2, 0.25) is 65.0 Å². The van der Waals surface area contributed by atoms with Gasteiger partial charge < -0.3 is 73.8 Å². The number of aliphatic hydroxyl groups excluding tert-OH is 1. The van der Waals surface area contributed by atoms with E-state index in [0.29, 0.717) is 36.8 Å². The second-order valence-corrected chi connectivity index (χ2v) is 24.6. The highest BCUT2D eigenvalue weighted by molar-refractivity contribution is 7.80. The van der Waals surface area contributed by atoms with E-state index in [4.69, 9.17) is 5.73 Å². The number of primary amides is 1. The molecule has 27 nitrogen and oxygen atoms in total. The number of amides is 11. The van der Waals surface area contributed by atoms with Crippen LogP contribution in [0.4, 0.5) is 0 Å². The summed E-state index contributed by atoms with van der Waals surface area (Å²) < 4.78 is 0. The van der Waals surface area contributed by atoms with Gasteiger partial charge in [0, 0.05) is 31.6 Å². The Morgan fingerprint density at radius 1 is 0.576 bits per heavy atom. The molecular formula is C64H95N11O16S. The predicted octanol–water partition coefficient (Wildman–Crippen LogP) is 1.19. The molecule has 1 aliphatic heterocycles. The molecule has 4 rings (SSSR count). The first-order valence-electron chi connectivity index (χ1n) is 31.8. The van der Waals surface area contributed by atoms with Crippen molar-refractivity contribution < 1.29 is 77.6 Å². The van der Waals surface area contributed by atoms with E-state index in [1.54, 1.807) is 74.5 Å². The third-order valence-corrected chi connectivity index (χ3v) is 17.0. The Hall–Kier alpha value is -8.14. The highest BCUT2D eigenvalue weighted by atomic mass is 32.1. The highest BCUT2D eigenvalue weighted by Crippen LogP contribution is 2.31. The maximum atomic E-state index is 15.3. The topological polar surface area (TPSA) is 420 Å². The molecule has 14 N–H and O–H groups in total. The summed E-state index contributed by atoms with van der Waals surface area (Å²) in [5.74, 6) is -14.1. The third-order valence-electron chi connectivity index (χ3n) is 16.6. The summed E-state index contributed by atoms with van der Waals surface area (Å²) in [7, 11) is 0. The molecule has 11 amide bonds. The fourth-order valence-corrected chi connectivity index (χ4v) is 11.7. The van der Waals surface area contributed by atoms with E-state index in [-0.39, 0.29) is 49.8 Å². The zero-order valence-corrected chi connectivity index (χ0v) is 54.3. The second kappa shape index (κ2) is 38.6. The predicted molar refractivity (Wildman–Crippen MR) is 341 cm³/mol. The van der Waals surface area contributed by atoms with Crippen LogP contribution in [-0.4, -0.2) is 176 Å². The van der Waals surface area contributed by atoms with E-state index in [9.17, 15) is 68.1 Å². The van der Waals surface area contributed by atoms with Crippen molar-refractivity contribution in [2.75, 3.05) is 18.9 Å². The van der Waals surface area contributed by atoms with Crippen LogP contribution < -0.4 is 53.6 Å². The number of nitrogens with zero attached hydrogens (tertiary/aromatic N) is 1. The van der Waals surface area contributed by atoms with Crippen LogP contribution in [0.3, 0.4) is 0 Å². The first kappa shape index (κ1) is 76.3. The van der Waals surface area contributed by atoms with Gasteiger partial charge in [-0.1, -0.05) is 147 Å². The number of thiol groups is 1. The molecule has 2 aromatic rings. The van der Waals surface area contributed by atoms with Crippen LogP contribution >= 0.6 is 12.6 Å². The molecule has 0 bridgehead atoms. The summed E-state index contributed by atoms with van der Waals surface area (Å²) in [6, 6.07) is 3.14. The number of nitrogens with two attached hydrogens (primary N) is 1. The molecule has 2 fully saturated rings. The van der Waals surface area contributed by atoms with Crippen molar-refractivity contribution >= 4 is 89.5 Å². The molecule has 0 unspecified atom stereocenters. The maximum Gasteiger partial charge on any atom is 0.305 e. The molecule has 2 aliphatic rings. The molecule has 1 heterocycles. The molecule has 2 aromatic carbocycles. The Morgan fingerprint density at radius 2 is 1.09 bits per heavy atom. The number of aliphatic carboxylic acids is 2. The number of carboxylic acids is 2. The molecule has 11 atom stereocenters. The van der Waals surface area contributed by atoms with E-state index >= 15 is 9.59 Å². The van der Waals surface area contributed by atoms with E-state index in [1.165, 1.54) is 4.90 Å². The molecule has 508 valence electrons. The molecule has 92 heavy (non-hydrogen) atoms. The number of carbonyl (C=O) groups is 13. The van der Waals surface area contributed by atoms with Crippen LogP contribution in [-0.2, 0) is 62.3 Å².